The van der Waals surface area contributed by atoms with Crippen molar-refractivity contribution in [1.29, 1.82) is 0 Å². The standard InChI is InChI=1S/C9H13N3O3/c1-11(2)6-7-15-8-4-3-5-10-9(8)12(13)14/h3-5H,6-7H2,1-2H3. The number of rotatable bonds is 5. The molecule has 0 unspecified atom stereocenters. The molecule has 0 saturated carbocycles. The van der Waals surface area contributed by atoms with Gasteiger partial charge in [-0.3, -0.25) is 0 Å². The molecule has 6 nitrogen and oxygen atoms in total. The van der Waals surface area contributed by atoms with Gasteiger partial charge in [-0.25, -0.2) is 0 Å². The van der Waals surface area contributed by atoms with Gasteiger partial charge in [0.05, 0.1) is 0 Å². The van der Waals surface area contributed by atoms with E-state index in [1.54, 1.807) is 12.1 Å². The van der Waals surface area contributed by atoms with Gasteiger partial charge in [0.2, 0.25) is 5.75 Å². The molecule has 15 heavy (non-hydrogen) atoms. The number of nitro groups is 1. The molecular weight excluding hydrogens is 198 g/mol. The Hall–Kier alpha value is -1.69. The van der Waals surface area contributed by atoms with Crippen LogP contribution in [0.5, 0.6) is 5.75 Å². The molecular formula is C9H13N3O3. The molecule has 0 spiro atoms. The quantitative estimate of drug-likeness (QED) is 0.535. The van der Waals surface area contributed by atoms with Gasteiger partial charge >= 0.3 is 5.82 Å². The second-order valence-electron chi connectivity index (χ2n) is 3.23. The van der Waals surface area contributed by atoms with Crippen molar-refractivity contribution in [2.75, 3.05) is 27.2 Å². The Morgan fingerprint density at radius 3 is 2.93 bits per heavy atom. The fourth-order valence-corrected chi connectivity index (χ4v) is 0.970. The van der Waals surface area contributed by atoms with Crippen LogP contribution < -0.4 is 4.74 Å². The highest BCUT2D eigenvalue weighted by molar-refractivity contribution is 5.38. The van der Waals surface area contributed by atoms with Crippen LogP contribution in [0.3, 0.4) is 0 Å². The zero-order chi connectivity index (χ0) is 11.3. The highest BCUT2D eigenvalue weighted by atomic mass is 16.6. The van der Waals surface area contributed by atoms with Crippen LogP contribution in [0.15, 0.2) is 18.3 Å². The van der Waals surface area contributed by atoms with Crippen molar-refractivity contribution in [3.05, 3.63) is 28.4 Å². The number of aromatic nitrogens is 1. The zero-order valence-corrected chi connectivity index (χ0v) is 8.71. The molecule has 0 amide bonds. The smallest absolute Gasteiger partial charge is 0.406 e. The van der Waals surface area contributed by atoms with Crippen molar-refractivity contribution in [2.45, 2.75) is 0 Å². The van der Waals surface area contributed by atoms with Gasteiger partial charge in [0.25, 0.3) is 0 Å². The molecule has 1 heterocycles. The maximum absolute atomic E-state index is 10.6. The van der Waals surface area contributed by atoms with Gasteiger partial charge in [-0.15, -0.1) is 0 Å². The summed E-state index contributed by atoms with van der Waals surface area (Å²) in [6.07, 6.45) is 1.37. The van der Waals surface area contributed by atoms with Crippen LogP contribution in [0, 0.1) is 10.1 Å². The number of likely N-dealkylation sites (N-methyl/N-ethyl adjacent to an activating group) is 1. The van der Waals surface area contributed by atoms with Gasteiger partial charge in [-0.2, -0.15) is 0 Å². The zero-order valence-electron chi connectivity index (χ0n) is 8.71. The average molecular weight is 211 g/mol. The Labute approximate surface area is 87.6 Å². The molecule has 82 valence electrons. The van der Waals surface area contributed by atoms with E-state index in [9.17, 15) is 10.1 Å². The summed E-state index contributed by atoms with van der Waals surface area (Å²) in [5.74, 6) is -0.0272. The van der Waals surface area contributed by atoms with Crippen molar-refractivity contribution in [3.8, 4) is 5.75 Å². The van der Waals surface area contributed by atoms with Crippen LogP contribution in [-0.2, 0) is 0 Å². The second kappa shape index (κ2) is 5.26. The molecule has 0 bridgehead atoms. The van der Waals surface area contributed by atoms with Gasteiger partial charge in [-0.1, -0.05) is 0 Å². The first-order valence-electron chi connectivity index (χ1n) is 4.48. The van der Waals surface area contributed by atoms with Crippen LogP contribution in [0.25, 0.3) is 0 Å². The third kappa shape index (κ3) is 3.51. The van der Waals surface area contributed by atoms with Crippen molar-refractivity contribution in [3.63, 3.8) is 0 Å². The van der Waals surface area contributed by atoms with Crippen molar-refractivity contribution in [2.24, 2.45) is 0 Å². The normalized spacial score (nSPS) is 10.3. The van der Waals surface area contributed by atoms with Gasteiger partial charge in [0, 0.05) is 6.54 Å². The van der Waals surface area contributed by atoms with E-state index in [0.717, 1.165) is 0 Å². The van der Waals surface area contributed by atoms with Gasteiger partial charge in [0.1, 0.15) is 12.8 Å². The fourth-order valence-electron chi connectivity index (χ4n) is 0.970. The van der Waals surface area contributed by atoms with E-state index >= 15 is 0 Å². The Balaban J connectivity index is 2.63. The number of hydrogen-bond donors (Lipinski definition) is 0. The summed E-state index contributed by atoms with van der Waals surface area (Å²) in [5, 5.41) is 10.6. The summed E-state index contributed by atoms with van der Waals surface area (Å²) < 4.78 is 5.26. The van der Waals surface area contributed by atoms with Crippen LogP contribution in [0.1, 0.15) is 0 Å². The van der Waals surface area contributed by atoms with E-state index < -0.39 is 4.92 Å². The summed E-state index contributed by atoms with van der Waals surface area (Å²) in [6.45, 7) is 1.10. The minimum Gasteiger partial charge on any atom is -0.484 e. The maximum atomic E-state index is 10.6. The lowest BCUT2D eigenvalue weighted by atomic mass is 10.4. The molecule has 1 aromatic heterocycles. The van der Waals surface area contributed by atoms with Gasteiger partial charge in [-0.05, 0) is 36.1 Å². The van der Waals surface area contributed by atoms with Crippen LogP contribution in [0.4, 0.5) is 5.82 Å². The first kappa shape index (κ1) is 11.4. The summed E-state index contributed by atoms with van der Waals surface area (Å²) in [6, 6.07) is 3.15. The lowest BCUT2D eigenvalue weighted by molar-refractivity contribution is -0.390. The first-order valence-corrected chi connectivity index (χ1v) is 4.48. The van der Waals surface area contributed by atoms with E-state index in [2.05, 4.69) is 4.98 Å². The van der Waals surface area contributed by atoms with Crippen molar-refractivity contribution < 1.29 is 9.66 Å². The van der Waals surface area contributed by atoms with Crippen LogP contribution in [-0.4, -0.2) is 42.1 Å². The fraction of sp³-hybridized carbons (Fsp3) is 0.444. The van der Waals surface area contributed by atoms with Crippen LogP contribution >= 0.6 is 0 Å². The molecule has 0 N–H and O–H groups in total. The lowest BCUT2D eigenvalue weighted by Crippen LogP contribution is -2.19. The summed E-state index contributed by atoms with van der Waals surface area (Å²) in [7, 11) is 3.81. The largest absolute Gasteiger partial charge is 0.484 e. The topological polar surface area (TPSA) is 68.5 Å². The third-order valence-corrected chi connectivity index (χ3v) is 1.72. The summed E-state index contributed by atoms with van der Waals surface area (Å²) >= 11 is 0. The molecule has 0 atom stereocenters. The van der Waals surface area contributed by atoms with Crippen molar-refractivity contribution in [1.82, 2.24) is 9.88 Å². The highest BCUT2D eigenvalue weighted by Crippen LogP contribution is 2.22. The van der Waals surface area contributed by atoms with E-state index in [1.807, 2.05) is 19.0 Å². The Bertz CT molecular complexity index is 341. The van der Waals surface area contributed by atoms with Gasteiger partial charge in [0.15, 0.2) is 0 Å². The molecule has 1 aromatic rings. The monoisotopic (exact) mass is 211 g/mol. The molecule has 0 aliphatic rings. The van der Waals surface area contributed by atoms with Crippen molar-refractivity contribution >= 4 is 5.82 Å². The van der Waals surface area contributed by atoms with E-state index in [-0.39, 0.29) is 11.6 Å². The minimum atomic E-state index is -0.551. The van der Waals surface area contributed by atoms with E-state index in [1.165, 1.54) is 6.20 Å². The predicted molar refractivity (Wildman–Crippen MR) is 54.9 cm³/mol. The van der Waals surface area contributed by atoms with E-state index in [4.69, 9.17) is 4.74 Å². The number of hydrogen-bond acceptors (Lipinski definition) is 5. The second-order valence-corrected chi connectivity index (χ2v) is 3.23. The van der Waals surface area contributed by atoms with Gasteiger partial charge < -0.3 is 19.8 Å². The maximum Gasteiger partial charge on any atom is 0.406 e. The molecule has 6 heteroatoms. The van der Waals surface area contributed by atoms with Crippen LogP contribution in [0.2, 0.25) is 0 Å². The number of nitrogens with zero attached hydrogens (tertiary/aromatic N) is 3. The highest BCUT2D eigenvalue weighted by Gasteiger charge is 2.14. The molecule has 0 fully saturated rings. The molecule has 0 radical (unpaired) electrons. The number of ether oxygens (including phenoxy) is 1. The summed E-state index contributed by atoms with van der Waals surface area (Å²) in [5.41, 5.74) is 0. The summed E-state index contributed by atoms with van der Waals surface area (Å²) in [4.78, 5) is 15.6. The predicted octanol–water partition coefficient (Wildman–Crippen LogP) is 0.930. The Kier molecular flexibility index (Phi) is 3.99. The molecule has 0 aliphatic heterocycles. The molecule has 0 aromatic carbocycles. The molecule has 0 aliphatic carbocycles. The van der Waals surface area contributed by atoms with E-state index in [0.29, 0.717) is 13.2 Å². The average Bonchev–Trinajstić information content (AvgIpc) is 2.17. The first-order chi connectivity index (χ1) is 7.11. The Morgan fingerprint density at radius 1 is 1.60 bits per heavy atom. The number of pyridine rings is 1. The Morgan fingerprint density at radius 2 is 2.33 bits per heavy atom. The molecule has 1 rings (SSSR count). The molecule has 0 saturated heterocycles. The third-order valence-electron chi connectivity index (χ3n) is 1.72. The minimum absolute atomic E-state index is 0.212. The SMILES string of the molecule is CN(C)CCOc1cccnc1[N+](=O)[O-]. The lowest BCUT2D eigenvalue weighted by Gasteiger charge is -2.10.